The summed E-state index contributed by atoms with van der Waals surface area (Å²) in [6.07, 6.45) is 2.78. The highest BCUT2D eigenvalue weighted by Crippen LogP contribution is 2.27. The Hall–Kier alpha value is -2.18. The number of rotatable bonds is 6. The standard InChI is InChI=1S/C15H20N4O4S/c1-24(22,23)9-8-18-6-4-13(5-7-18)17-14-3-2-12(11-16)10-15(14)19(20)21/h2-3,10,13,17H,4-9H2,1H3. The molecule has 1 fully saturated rings. The first-order valence-corrected chi connectivity index (χ1v) is 9.70. The number of anilines is 1. The highest BCUT2D eigenvalue weighted by molar-refractivity contribution is 7.90. The van der Waals surface area contributed by atoms with Crippen molar-refractivity contribution in [2.75, 3.05) is 37.0 Å². The normalized spacial score (nSPS) is 16.5. The van der Waals surface area contributed by atoms with Crippen LogP contribution >= 0.6 is 0 Å². The van der Waals surface area contributed by atoms with Gasteiger partial charge in [-0.1, -0.05) is 0 Å². The van der Waals surface area contributed by atoms with Crippen LogP contribution in [-0.2, 0) is 9.84 Å². The summed E-state index contributed by atoms with van der Waals surface area (Å²) in [5, 5.41) is 23.2. The molecule has 1 aromatic rings. The van der Waals surface area contributed by atoms with E-state index in [4.69, 9.17) is 5.26 Å². The summed E-state index contributed by atoms with van der Waals surface area (Å²) in [6, 6.07) is 6.37. The van der Waals surface area contributed by atoms with E-state index in [1.807, 2.05) is 6.07 Å². The Morgan fingerprint density at radius 3 is 2.62 bits per heavy atom. The van der Waals surface area contributed by atoms with Crippen molar-refractivity contribution in [3.8, 4) is 6.07 Å². The predicted molar refractivity (Wildman–Crippen MR) is 90.6 cm³/mol. The van der Waals surface area contributed by atoms with Crippen LogP contribution in [0.1, 0.15) is 18.4 Å². The number of sulfone groups is 1. The molecule has 130 valence electrons. The number of nitrogens with one attached hydrogen (secondary N) is 1. The second kappa shape index (κ2) is 7.59. The fraction of sp³-hybridized carbons (Fsp3) is 0.533. The molecule has 0 unspecified atom stereocenters. The number of benzene rings is 1. The minimum Gasteiger partial charge on any atom is -0.377 e. The maximum absolute atomic E-state index is 11.2. The molecule has 0 spiro atoms. The lowest BCUT2D eigenvalue weighted by molar-refractivity contribution is -0.384. The molecule has 1 saturated heterocycles. The third-order valence-electron chi connectivity index (χ3n) is 4.05. The van der Waals surface area contributed by atoms with Crippen molar-refractivity contribution in [1.82, 2.24) is 4.90 Å². The highest BCUT2D eigenvalue weighted by atomic mass is 32.2. The molecule has 0 amide bonds. The molecule has 1 aromatic carbocycles. The first kappa shape index (κ1) is 18.2. The average molecular weight is 352 g/mol. The monoisotopic (exact) mass is 352 g/mol. The molecular formula is C15H20N4O4S. The molecule has 24 heavy (non-hydrogen) atoms. The molecule has 1 aliphatic heterocycles. The van der Waals surface area contributed by atoms with Crippen LogP contribution in [0.5, 0.6) is 0 Å². The van der Waals surface area contributed by atoms with Crippen LogP contribution in [-0.4, -0.2) is 55.9 Å². The number of hydrogen-bond donors (Lipinski definition) is 1. The first-order chi connectivity index (χ1) is 11.3. The van der Waals surface area contributed by atoms with Crippen LogP contribution in [0, 0.1) is 21.4 Å². The minimum atomic E-state index is -2.97. The molecule has 0 aliphatic carbocycles. The largest absolute Gasteiger partial charge is 0.377 e. The Labute approximate surface area is 141 Å². The van der Waals surface area contributed by atoms with E-state index in [0.717, 1.165) is 25.9 Å². The highest BCUT2D eigenvalue weighted by Gasteiger charge is 2.23. The van der Waals surface area contributed by atoms with Crippen molar-refractivity contribution < 1.29 is 13.3 Å². The first-order valence-electron chi connectivity index (χ1n) is 7.63. The van der Waals surface area contributed by atoms with Crippen molar-refractivity contribution >= 4 is 21.2 Å². The van der Waals surface area contributed by atoms with E-state index in [-0.39, 0.29) is 23.0 Å². The zero-order valence-corrected chi connectivity index (χ0v) is 14.3. The van der Waals surface area contributed by atoms with Gasteiger partial charge in [0.2, 0.25) is 0 Å². The van der Waals surface area contributed by atoms with Crippen molar-refractivity contribution in [1.29, 1.82) is 5.26 Å². The van der Waals surface area contributed by atoms with Gasteiger partial charge >= 0.3 is 0 Å². The minimum absolute atomic E-state index is 0.0890. The number of likely N-dealkylation sites (tertiary alicyclic amines) is 1. The van der Waals surface area contributed by atoms with Crippen molar-refractivity contribution in [2.24, 2.45) is 0 Å². The molecule has 0 radical (unpaired) electrons. The van der Waals surface area contributed by atoms with Gasteiger partial charge in [0, 0.05) is 38.0 Å². The maximum Gasteiger partial charge on any atom is 0.293 e. The van der Waals surface area contributed by atoms with Gasteiger partial charge in [0.05, 0.1) is 22.3 Å². The van der Waals surface area contributed by atoms with Crippen molar-refractivity contribution in [3.63, 3.8) is 0 Å². The van der Waals surface area contributed by atoms with Gasteiger partial charge < -0.3 is 10.2 Å². The lowest BCUT2D eigenvalue weighted by Crippen LogP contribution is -2.41. The number of nitrogens with zero attached hydrogens (tertiary/aromatic N) is 3. The molecular weight excluding hydrogens is 332 g/mol. The fourth-order valence-corrected chi connectivity index (χ4v) is 3.28. The van der Waals surface area contributed by atoms with Crippen molar-refractivity contribution in [2.45, 2.75) is 18.9 Å². The Kier molecular flexibility index (Phi) is 5.75. The Morgan fingerprint density at radius 1 is 1.42 bits per heavy atom. The quantitative estimate of drug-likeness (QED) is 0.607. The Bertz CT molecular complexity index is 749. The van der Waals surface area contributed by atoms with Crippen LogP contribution in [0.2, 0.25) is 0 Å². The van der Waals surface area contributed by atoms with E-state index >= 15 is 0 Å². The summed E-state index contributed by atoms with van der Waals surface area (Å²) in [5.74, 6) is 0.145. The molecule has 0 aromatic heterocycles. The third kappa shape index (κ3) is 5.18. The lowest BCUT2D eigenvalue weighted by atomic mass is 10.0. The van der Waals surface area contributed by atoms with E-state index in [1.165, 1.54) is 12.3 Å². The van der Waals surface area contributed by atoms with Gasteiger partial charge in [-0.25, -0.2) is 8.42 Å². The number of nitro groups is 1. The Balaban J connectivity index is 1.95. The predicted octanol–water partition coefficient (Wildman–Crippen LogP) is 1.39. The lowest BCUT2D eigenvalue weighted by Gasteiger charge is -2.32. The van der Waals surface area contributed by atoms with Crippen LogP contribution in [0.3, 0.4) is 0 Å². The van der Waals surface area contributed by atoms with Gasteiger partial charge in [-0.15, -0.1) is 0 Å². The second-order valence-electron chi connectivity index (χ2n) is 5.99. The maximum atomic E-state index is 11.2. The Morgan fingerprint density at radius 2 is 2.08 bits per heavy atom. The molecule has 9 heteroatoms. The van der Waals surface area contributed by atoms with E-state index in [9.17, 15) is 18.5 Å². The van der Waals surface area contributed by atoms with E-state index in [1.54, 1.807) is 12.1 Å². The zero-order chi connectivity index (χ0) is 17.7. The number of hydrogen-bond acceptors (Lipinski definition) is 7. The van der Waals surface area contributed by atoms with E-state index in [2.05, 4.69) is 10.2 Å². The zero-order valence-electron chi connectivity index (χ0n) is 13.4. The summed E-state index contributed by atoms with van der Waals surface area (Å²) in [6.45, 7) is 2.01. The smallest absolute Gasteiger partial charge is 0.293 e. The summed E-state index contributed by atoms with van der Waals surface area (Å²) in [5.41, 5.74) is 0.560. The SMILES string of the molecule is CS(=O)(=O)CCN1CCC(Nc2ccc(C#N)cc2[N+](=O)[O-])CC1. The van der Waals surface area contributed by atoms with Gasteiger partial charge in [0.25, 0.3) is 5.69 Å². The molecule has 8 nitrogen and oxygen atoms in total. The fourth-order valence-electron chi connectivity index (χ4n) is 2.69. The van der Waals surface area contributed by atoms with E-state index < -0.39 is 14.8 Å². The number of nitro benzene ring substituents is 1. The molecule has 1 heterocycles. The average Bonchev–Trinajstić information content (AvgIpc) is 2.53. The van der Waals surface area contributed by atoms with Crippen LogP contribution in [0.15, 0.2) is 18.2 Å². The van der Waals surface area contributed by atoms with Gasteiger partial charge in [-0.2, -0.15) is 5.26 Å². The third-order valence-corrected chi connectivity index (χ3v) is 4.97. The number of piperidine rings is 1. The topological polar surface area (TPSA) is 116 Å². The second-order valence-corrected chi connectivity index (χ2v) is 8.25. The summed E-state index contributed by atoms with van der Waals surface area (Å²) in [4.78, 5) is 12.7. The van der Waals surface area contributed by atoms with Crippen LogP contribution in [0.4, 0.5) is 11.4 Å². The molecule has 1 aliphatic rings. The van der Waals surface area contributed by atoms with Crippen LogP contribution < -0.4 is 5.32 Å². The molecule has 0 atom stereocenters. The van der Waals surface area contributed by atoms with Gasteiger partial charge in [0.1, 0.15) is 15.5 Å². The molecule has 0 bridgehead atoms. The van der Waals surface area contributed by atoms with Gasteiger partial charge in [-0.05, 0) is 25.0 Å². The number of nitriles is 1. The van der Waals surface area contributed by atoms with Crippen molar-refractivity contribution in [3.05, 3.63) is 33.9 Å². The van der Waals surface area contributed by atoms with Gasteiger partial charge in [0.15, 0.2) is 0 Å². The van der Waals surface area contributed by atoms with Crippen LogP contribution in [0.25, 0.3) is 0 Å². The molecule has 1 N–H and O–H groups in total. The van der Waals surface area contributed by atoms with E-state index in [0.29, 0.717) is 12.2 Å². The summed E-state index contributed by atoms with van der Waals surface area (Å²) >= 11 is 0. The summed E-state index contributed by atoms with van der Waals surface area (Å²) in [7, 11) is -2.97. The van der Waals surface area contributed by atoms with Gasteiger partial charge in [-0.3, -0.25) is 10.1 Å². The summed E-state index contributed by atoms with van der Waals surface area (Å²) < 4.78 is 22.4. The molecule has 2 rings (SSSR count). The molecule has 0 saturated carbocycles.